The molecule has 1 amide bonds. The minimum absolute atomic E-state index is 0.0567. The molecule has 7 heteroatoms. The molecular weight excluding hydrogens is 509 g/mol. The molecule has 4 rings (SSSR count). The molecule has 0 radical (unpaired) electrons. The van der Waals surface area contributed by atoms with Gasteiger partial charge in [-0.3, -0.25) is 9.59 Å². The van der Waals surface area contributed by atoms with Crippen LogP contribution < -0.4 is 14.4 Å². The smallest absolute Gasteiger partial charge is 0.307 e. The Morgan fingerprint density at radius 1 is 1.06 bits per heavy atom. The van der Waals surface area contributed by atoms with Crippen molar-refractivity contribution in [2.45, 2.75) is 26.8 Å². The van der Waals surface area contributed by atoms with Crippen molar-refractivity contribution in [1.29, 1.82) is 0 Å². The molecule has 0 bridgehead atoms. The Bertz CT molecular complexity index is 1190. The van der Waals surface area contributed by atoms with Crippen LogP contribution in [0.15, 0.2) is 42.5 Å². The van der Waals surface area contributed by atoms with Crippen molar-refractivity contribution in [1.82, 2.24) is 0 Å². The van der Waals surface area contributed by atoms with Gasteiger partial charge < -0.3 is 19.5 Å². The molecule has 0 aromatic heterocycles. The number of rotatable bonds is 7. The zero-order chi connectivity index (χ0) is 22.1. The van der Waals surface area contributed by atoms with Gasteiger partial charge in [0.15, 0.2) is 0 Å². The van der Waals surface area contributed by atoms with Gasteiger partial charge in [-0.25, -0.2) is 0 Å². The van der Waals surface area contributed by atoms with Crippen LogP contribution in [0.3, 0.4) is 0 Å². The molecule has 6 nitrogen and oxygen atoms in total. The fourth-order valence-electron chi connectivity index (χ4n) is 4.02. The number of amides is 1. The second-order valence-corrected chi connectivity index (χ2v) is 8.33. The highest BCUT2D eigenvalue weighted by Gasteiger charge is 2.37. The van der Waals surface area contributed by atoms with Gasteiger partial charge in [0.05, 0.1) is 37.4 Å². The Hall–Kier alpha value is -2.81. The van der Waals surface area contributed by atoms with Gasteiger partial charge in [0.2, 0.25) is 0 Å². The number of carboxylic acid groups (broad SMARTS) is 1. The molecule has 31 heavy (non-hydrogen) atoms. The maximum Gasteiger partial charge on any atom is 0.307 e. The molecule has 3 aromatic carbocycles. The Balaban J connectivity index is 1.86. The molecule has 0 saturated carbocycles. The average molecular weight is 531 g/mol. The van der Waals surface area contributed by atoms with Gasteiger partial charge >= 0.3 is 5.97 Å². The van der Waals surface area contributed by atoms with Gasteiger partial charge in [0, 0.05) is 19.9 Å². The van der Waals surface area contributed by atoms with Gasteiger partial charge in [-0.1, -0.05) is 30.3 Å². The van der Waals surface area contributed by atoms with Gasteiger partial charge in [-0.2, -0.15) is 0 Å². The van der Waals surface area contributed by atoms with Crippen LogP contribution in [-0.4, -0.2) is 30.2 Å². The van der Waals surface area contributed by atoms with E-state index in [0.717, 1.165) is 25.6 Å². The second-order valence-electron chi connectivity index (χ2n) is 7.17. The molecule has 0 unspecified atom stereocenters. The van der Waals surface area contributed by atoms with E-state index in [1.165, 1.54) is 0 Å². The van der Waals surface area contributed by atoms with Crippen molar-refractivity contribution in [3.05, 3.63) is 62.7 Å². The molecule has 0 spiro atoms. The van der Waals surface area contributed by atoms with Crippen LogP contribution in [0.1, 0.15) is 35.3 Å². The van der Waals surface area contributed by atoms with E-state index in [2.05, 4.69) is 22.6 Å². The zero-order valence-electron chi connectivity index (χ0n) is 17.3. The monoisotopic (exact) mass is 531 g/mol. The number of carbonyl (C=O) groups excluding carboxylic acids is 1. The number of hydrogen-bond donors (Lipinski definition) is 1. The average Bonchev–Trinajstić information content (AvgIpc) is 3.07. The lowest BCUT2D eigenvalue weighted by Gasteiger charge is -2.18. The van der Waals surface area contributed by atoms with E-state index in [0.29, 0.717) is 42.4 Å². The van der Waals surface area contributed by atoms with Crippen molar-refractivity contribution in [3.8, 4) is 11.5 Å². The molecule has 1 aliphatic rings. The number of benzene rings is 3. The molecule has 3 aromatic rings. The first kappa shape index (κ1) is 21.4. The van der Waals surface area contributed by atoms with Crippen LogP contribution in [0.25, 0.3) is 10.8 Å². The molecule has 1 aliphatic heterocycles. The molecule has 0 aliphatic carbocycles. The second kappa shape index (κ2) is 8.74. The minimum atomic E-state index is -0.886. The number of fused-ring (bicyclic) bond motifs is 2. The van der Waals surface area contributed by atoms with Crippen LogP contribution in [-0.2, 0) is 17.8 Å². The number of hydrogen-bond acceptors (Lipinski definition) is 4. The van der Waals surface area contributed by atoms with Crippen LogP contribution >= 0.6 is 22.6 Å². The Kier molecular flexibility index (Phi) is 6.04. The highest BCUT2D eigenvalue weighted by molar-refractivity contribution is 14.1. The number of anilines is 1. The number of halogens is 1. The number of carboxylic acids is 1. The van der Waals surface area contributed by atoms with Gasteiger partial charge in [-0.05, 0) is 54.1 Å². The first-order chi connectivity index (χ1) is 15.0. The largest absolute Gasteiger partial charge is 0.493 e. The predicted octanol–water partition coefficient (Wildman–Crippen LogP) is 5.03. The summed E-state index contributed by atoms with van der Waals surface area (Å²) >= 11 is 2.15. The summed E-state index contributed by atoms with van der Waals surface area (Å²) in [7, 11) is 0. The summed E-state index contributed by atoms with van der Waals surface area (Å²) in [6.07, 6.45) is -0.0567. The lowest BCUT2D eigenvalue weighted by atomic mass is 9.99. The van der Waals surface area contributed by atoms with Crippen molar-refractivity contribution in [2.75, 3.05) is 18.1 Å². The third-order valence-corrected chi connectivity index (χ3v) is 6.09. The minimum Gasteiger partial charge on any atom is -0.493 e. The molecule has 0 atom stereocenters. The standard InChI is InChI=1S/C24H22INO5/c1-3-30-22-15-7-5-6-8-16(15)23(31-4-2)21-17(22)13-26(24(21)29)19-10-9-14(11-18(19)25)12-20(27)28/h5-11H,3-4,12-13H2,1-2H3,(H,27,28). The normalized spacial score (nSPS) is 12.9. The highest BCUT2D eigenvalue weighted by Crippen LogP contribution is 2.46. The van der Waals surface area contributed by atoms with E-state index < -0.39 is 5.97 Å². The van der Waals surface area contributed by atoms with Gasteiger partial charge in [-0.15, -0.1) is 0 Å². The summed E-state index contributed by atoms with van der Waals surface area (Å²) in [5.41, 5.74) is 2.79. The lowest BCUT2D eigenvalue weighted by molar-refractivity contribution is -0.136. The molecule has 1 N–H and O–H groups in total. The molecule has 0 fully saturated rings. The third kappa shape index (κ3) is 3.82. The van der Waals surface area contributed by atoms with Crippen molar-refractivity contribution in [2.24, 2.45) is 0 Å². The van der Waals surface area contributed by atoms with Crippen LogP contribution in [0, 0.1) is 3.57 Å². The van der Waals surface area contributed by atoms with E-state index in [9.17, 15) is 9.59 Å². The molecule has 1 heterocycles. The van der Waals surface area contributed by atoms with E-state index in [4.69, 9.17) is 14.6 Å². The van der Waals surface area contributed by atoms with Crippen molar-refractivity contribution < 1.29 is 24.2 Å². The summed E-state index contributed by atoms with van der Waals surface area (Å²) in [6, 6.07) is 13.2. The van der Waals surface area contributed by atoms with E-state index in [1.54, 1.807) is 11.0 Å². The van der Waals surface area contributed by atoms with Crippen LogP contribution in [0.2, 0.25) is 0 Å². The first-order valence-corrected chi connectivity index (χ1v) is 11.2. The number of aliphatic carboxylic acids is 1. The first-order valence-electron chi connectivity index (χ1n) is 10.1. The molecule has 0 saturated heterocycles. The van der Waals surface area contributed by atoms with E-state index in [1.807, 2.05) is 50.2 Å². The van der Waals surface area contributed by atoms with Crippen LogP contribution in [0.4, 0.5) is 5.69 Å². The fraction of sp³-hybridized carbons (Fsp3) is 0.250. The number of carbonyl (C=O) groups is 2. The predicted molar refractivity (Wildman–Crippen MR) is 127 cm³/mol. The summed E-state index contributed by atoms with van der Waals surface area (Å²) in [5.74, 6) is 0.267. The van der Waals surface area contributed by atoms with Crippen molar-refractivity contribution >= 4 is 50.9 Å². The quantitative estimate of drug-likeness (QED) is 0.433. The summed E-state index contributed by atoms with van der Waals surface area (Å²) in [6.45, 7) is 5.12. The summed E-state index contributed by atoms with van der Waals surface area (Å²) in [5, 5.41) is 10.8. The highest BCUT2D eigenvalue weighted by atomic mass is 127. The summed E-state index contributed by atoms with van der Waals surface area (Å²) < 4.78 is 12.8. The van der Waals surface area contributed by atoms with Crippen molar-refractivity contribution in [3.63, 3.8) is 0 Å². The van der Waals surface area contributed by atoms with Gasteiger partial charge in [0.1, 0.15) is 11.5 Å². The van der Waals surface area contributed by atoms with E-state index >= 15 is 0 Å². The third-order valence-electron chi connectivity index (χ3n) is 5.23. The van der Waals surface area contributed by atoms with Crippen LogP contribution in [0.5, 0.6) is 11.5 Å². The molecular formula is C24H22INO5. The fourth-order valence-corrected chi connectivity index (χ4v) is 4.89. The Morgan fingerprint density at radius 3 is 2.32 bits per heavy atom. The molecule has 160 valence electrons. The number of nitrogens with zero attached hydrogens (tertiary/aromatic N) is 1. The topological polar surface area (TPSA) is 76.1 Å². The van der Waals surface area contributed by atoms with Gasteiger partial charge in [0.25, 0.3) is 5.91 Å². The van der Waals surface area contributed by atoms with E-state index in [-0.39, 0.29) is 12.3 Å². The SMILES string of the molecule is CCOc1c2c(c(OCC)c3ccccc13)C(=O)N(c1ccc(CC(=O)O)cc1I)C2. The lowest BCUT2D eigenvalue weighted by Crippen LogP contribution is -2.24. The Labute approximate surface area is 193 Å². The maximum absolute atomic E-state index is 13.6. The summed E-state index contributed by atoms with van der Waals surface area (Å²) in [4.78, 5) is 26.4. The Morgan fingerprint density at radius 2 is 1.71 bits per heavy atom. The zero-order valence-corrected chi connectivity index (χ0v) is 19.4. The number of ether oxygens (including phenoxy) is 2. The maximum atomic E-state index is 13.6.